The molecule has 118 valence electrons. The molecule has 0 radical (unpaired) electrons. The van der Waals surface area contributed by atoms with Crippen molar-refractivity contribution in [2.75, 3.05) is 26.2 Å². The molecule has 4 nitrogen and oxygen atoms in total. The second kappa shape index (κ2) is 6.49. The summed E-state index contributed by atoms with van der Waals surface area (Å²) in [5.74, 6) is 2.01. The molecule has 1 aliphatic heterocycles. The molecule has 1 aromatic rings. The van der Waals surface area contributed by atoms with Crippen LogP contribution in [0.4, 0.5) is 0 Å². The molecule has 2 heterocycles. The van der Waals surface area contributed by atoms with Crippen LogP contribution in [0.1, 0.15) is 44.3 Å². The molecule has 1 aliphatic carbocycles. The number of hydrogen-bond acceptors (Lipinski definition) is 3. The summed E-state index contributed by atoms with van der Waals surface area (Å²) >= 11 is 0. The number of rotatable bonds is 7. The Morgan fingerprint density at radius 1 is 1.38 bits per heavy atom. The Labute approximate surface area is 128 Å². The van der Waals surface area contributed by atoms with Crippen LogP contribution in [0.15, 0.2) is 12.4 Å². The Kier molecular flexibility index (Phi) is 4.65. The van der Waals surface area contributed by atoms with E-state index in [0.29, 0.717) is 6.61 Å². The van der Waals surface area contributed by atoms with Gasteiger partial charge in [0.1, 0.15) is 5.82 Å². The van der Waals surface area contributed by atoms with Crippen molar-refractivity contribution in [1.29, 1.82) is 0 Å². The maximum atomic E-state index is 9.91. The van der Waals surface area contributed by atoms with E-state index in [4.69, 9.17) is 0 Å². The van der Waals surface area contributed by atoms with E-state index in [9.17, 15) is 5.11 Å². The van der Waals surface area contributed by atoms with Gasteiger partial charge in [-0.2, -0.15) is 0 Å². The highest BCUT2D eigenvalue weighted by molar-refractivity contribution is 4.92. The number of aryl methyl sites for hydroxylation is 2. The minimum atomic E-state index is 0.199. The second-order valence-electron chi connectivity index (χ2n) is 7.21. The molecule has 3 rings (SSSR count). The van der Waals surface area contributed by atoms with Crippen molar-refractivity contribution in [2.24, 2.45) is 11.3 Å². The van der Waals surface area contributed by atoms with Crippen LogP contribution in [-0.4, -0.2) is 45.8 Å². The zero-order valence-corrected chi connectivity index (χ0v) is 13.3. The molecule has 0 bridgehead atoms. The SMILES string of the molecule is Cc1nccn1CCCN1CCC[C@@](CO)(CC2CC2)C1. The van der Waals surface area contributed by atoms with E-state index in [1.54, 1.807) is 0 Å². The van der Waals surface area contributed by atoms with Crippen molar-refractivity contribution in [3.05, 3.63) is 18.2 Å². The van der Waals surface area contributed by atoms with E-state index in [1.807, 2.05) is 6.20 Å². The predicted molar refractivity (Wildman–Crippen MR) is 84.1 cm³/mol. The highest BCUT2D eigenvalue weighted by Crippen LogP contribution is 2.44. The Balaban J connectivity index is 1.47. The third-order valence-corrected chi connectivity index (χ3v) is 5.29. The molecule has 1 saturated heterocycles. The van der Waals surface area contributed by atoms with Crippen molar-refractivity contribution >= 4 is 0 Å². The number of likely N-dealkylation sites (tertiary alicyclic amines) is 1. The third kappa shape index (κ3) is 3.86. The molecule has 2 aliphatic rings. The van der Waals surface area contributed by atoms with Crippen molar-refractivity contribution in [3.8, 4) is 0 Å². The lowest BCUT2D eigenvalue weighted by atomic mass is 9.76. The Hall–Kier alpha value is -0.870. The van der Waals surface area contributed by atoms with Gasteiger partial charge in [0.05, 0.1) is 0 Å². The third-order valence-electron chi connectivity index (χ3n) is 5.29. The smallest absolute Gasteiger partial charge is 0.105 e. The summed E-state index contributed by atoms with van der Waals surface area (Å²) in [6.07, 6.45) is 11.6. The lowest BCUT2D eigenvalue weighted by Gasteiger charge is -2.42. The molecule has 0 spiro atoms. The Morgan fingerprint density at radius 2 is 2.24 bits per heavy atom. The van der Waals surface area contributed by atoms with Crippen LogP contribution in [0.5, 0.6) is 0 Å². The quantitative estimate of drug-likeness (QED) is 0.839. The summed E-state index contributed by atoms with van der Waals surface area (Å²) < 4.78 is 2.23. The molecule has 1 saturated carbocycles. The molecule has 1 aromatic heterocycles. The van der Waals surface area contributed by atoms with E-state index in [1.165, 1.54) is 45.1 Å². The fourth-order valence-corrected chi connectivity index (χ4v) is 3.90. The molecule has 0 aromatic carbocycles. The Bertz CT molecular complexity index is 455. The molecule has 1 atom stereocenters. The lowest BCUT2D eigenvalue weighted by molar-refractivity contribution is 0.0205. The molecular formula is C17H29N3O. The van der Waals surface area contributed by atoms with E-state index in [2.05, 4.69) is 27.6 Å². The first kappa shape index (κ1) is 15.0. The van der Waals surface area contributed by atoms with Crippen LogP contribution in [0.2, 0.25) is 0 Å². The van der Waals surface area contributed by atoms with Gasteiger partial charge in [0, 0.05) is 37.5 Å². The maximum absolute atomic E-state index is 9.91. The number of piperidine rings is 1. The monoisotopic (exact) mass is 291 g/mol. The first-order valence-electron chi connectivity index (χ1n) is 8.52. The van der Waals surface area contributed by atoms with Crippen LogP contribution >= 0.6 is 0 Å². The van der Waals surface area contributed by atoms with Gasteiger partial charge in [0.15, 0.2) is 0 Å². The van der Waals surface area contributed by atoms with Crippen molar-refractivity contribution in [3.63, 3.8) is 0 Å². The highest BCUT2D eigenvalue weighted by Gasteiger charge is 2.39. The molecular weight excluding hydrogens is 262 g/mol. The van der Waals surface area contributed by atoms with Gasteiger partial charge in [-0.25, -0.2) is 4.98 Å². The van der Waals surface area contributed by atoms with E-state index >= 15 is 0 Å². The normalized spacial score (nSPS) is 27.1. The summed E-state index contributed by atoms with van der Waals surface area (Å²) in [6, 6.07) is 0. The van der Waals surface area contributed by atoms with Gasteiger partial charge in [-0.3, -0.25) is 0 Å². The van der Waals surface area contributed by atoms with E-state index in [0.717, 1.165) is 31.4 Å². The molecule has 1 N–H and O–H groups in total. The number of nitrogens with zero attached hydrogens (tertiary/aromatic N) is 3. The minimum Gasteiger partial charge on any atom is -0.396 e. The molecule has 4 heteroatoms. The number of aliphatic hydroxyl groups is 1. The van der Waals surface area contributed by atoms with Crippen LogP contribution < -0.4 is 0 Å². The number of aromatic nitrogens is 2. The average molecular weight is 291 g/mol. The second-order valence-corrected chi connectivity index (χ2v) is 7.21. The fraction of sp³-hybridized carbons (Fsp3) is 0.824. The summed E-state index contributed by atoms with van der Waals surface area (Å²) in [4.78, 5) is 6.85. The molecule has 0 amide bonds. The van der Waals surface area contributed by atoms with Crippen molar-refractivity contribution in [1.82, 2.24) is 14.5 Å². The van der Waals surface area contributed by atoms with Gasteiger partial charge < -0.3 is 14.6 Å². The summed E-state index contributed by atoms with van der Waals surface area (Å²) in [7, 11) is 0. The topological polar surface area (TPSA) is 41.3 Å². The standard InChI is InChI=1S/C17H29N3O/c1-15-18-7-11-20(15)10-3-9-19-8-2-6-17(13-19,14-21)12-16-4-5-16/h7,11,16,21H,2-6,8-10,12-14H2,1H3/t17-/m1/s1. The van der Waals surface area contributed by atoms with Gasteiger partial charge >= 0.3 is 0 Å². The average Bonchev–Trinajstić information content (AvgIpc) is 3.20. The number of aliphatic hydroxyl groups excluding tert-OH is 1. The van der Waals surface area contributed by atoms with Gasteiger partial charge in [-0.15, -0.1) is 0 Å². The molecule has 0 unspecified atom stereocenters. The lowest BCUT2D eigenvalue weighted by Crippen LogP contribution is -2.46. The van der Waals surface area contributed by atoms with E-state index < -0.39 is 0 Å². The van der Waals surface area contributed by atoms with Gasteiger partial charge in [-0.1, -0.05) is 12.8 Å². The van der Waals surface area contributed by atoms with Crippen molar-refractivity contribution in [2.45, 2.75) is 52.0 Å². The van der Waals surface area contributed by atoms with Crippen molar-refractivity contribution < 1.29 is 5.11 Å². The minimum absolute atomic E-state index is 0.199. The Morgan fingerprint density at radius 3 is 2.90 bits per heavy atom. The van der Waals surface area contributed by atoms with E-state index in [-0.39, 0.29) is 5.41 Å². The van der Waals surface area contributed by atoms with Crippen LogP contribution in [0.25, 0.3) is 0 Å². The fourth-order valence-electron chi connectivity index (χ4n) is 3.90. The number of hydrogen-bond donors (Lipinski definition) is 1. The summed E-state index contributed by atoms with van der Waals surface area (Å²) in [5, 5.41) is 9.91. The first-order chi connectivity index (χ1) is 10.2. The van der Waals surface area contributed by atoms with Gasteiger partial charge in [0.25, 0.3) is 0 Å². The largest absolute Gasteiger partial charge is 0.396 e. The van der Waals surface area contributed by atoms with Gasteiger partial charge in [0.2, 0.25) is 0 Å². The highest BCUT2D eigenvalue weighted by atomic mass is 16.3. The van der Waals surface area contributed by atoms with Crippen LogP contribution in [0.3, 0.4) is 0 Å². The molecule has 21 heavy (non-hydrogen) atoms. The zero-order valence-electron chi connectivity index (χ0n) is 13.3. The zero-order chi connectivity index (χ0) is 14.7. The number of imidazole rings is 1. The van der Waals surface area contributed by atoms with Crippen LogP contribution in [-0.2, 0) is 6.54 Å². The molecule has 2 fully saturated rings. The first-order valence-corrected chi connectivity index (χ1v) is 8.52. The summed E-state index contributed by atoms with van der Waals surface area (Å²) in [6.45, 7) is 6.94. The van der Waals surface area contributed by atoms with Crippen LogP contribution in [0, 0.1) is 18.3 Å². The maximum Gasteiger partial charge on any atom is 0.105 e. The predicted octanol–water partition coefficient (Wildman–Crippen LogP) is 2.46. The van der Waals surface area contributed by atoms with Gasteiger partial charge in [-0.05, 0) is 51.6 Å². The summed E-state index contributed by atoms with van der Waals surface area (Å²) in [5.41, 5.74) is 0.199.